The first kappa shape index (κ1) is 21.2. The van der Waals surface area contributed by atoms with Crippen LogP contribution in [-0.4, -0.2) is 54.5 Å². The van der Waals surface area contributed by atoms with E-state index < -0.39 is 0 Å². The minimum absolute atomic E-state index is 0.0143. The smallest absolute Gasteiger partial charge is 0.414 e. The summed E-state index contributed by atoms with van der Waals surface area (Å²) in [6.45, 7) is 2.19. The van der Waals surface area contributed by atoms with Gasteiger partial charge in [-0.1, -0.05) is 34.8 Å². The number of anilines is 1. The van der Waals surface area contributed by atoms with Crippen LogP contribution in [0.15, 0.2) is 30.3 Å². The summed E-state index contributed by atoms with van der Waals surface area (Å²) < 4.78 is 11.5. The number of hydrogen-bond donors (Lipinski definition) is 1. The molecule has 2 aliphatic heterocycles. The van der Waals surface area contributed by atoms with Gasteiger partial charge < -0.3 is 14.6 Å². The number of β-amino-alcohol motifs (C(OH)–C–C–N with tert-alkyl or cyclic N) is 1. The summed E-state index contributed by atoms with van der Waals surface area (Å²) >= 11 is 19.3. The zero-order chi connectivity index (χ0) is 21.7. The van der Waals surface area contributed by atoms with Crippen molar-refractivity contribution in [3.8, 4) is 5.75 Å². The van der Waals surface area contributed by atoms with Gasteiger partial charge in [0.15, 0.2) is 0 Å². The zero-order valence-corrected chi connectivity index (χ0v) is 18.8. The highest BCUT2D eigenvalue weighted by Crippen LogP contribution is 2.45. The van der Waals surface area contributed by atoms with E-state index in [1.54, 1.807) is 29.2 Å². The van der Waals surface area contributed by atoms with Crippen LogP contribution in [0.3, 0.4) is 0 Å². The molecule has 5 rings (SSSR count). The number of aliphatic hydroxyl groups excluding tert-OH is 1. The molecule has 164 valence electrons. The van der Waals surface area contributed by atoms with Crippen LogP contribution in [0.5, 0.6) is 5.75 Å². The molecule has 1 amide bonds. The molecule has 9 heteroatoms. The van der Waals surface area contributed by atoms with Crippen molar-refractivity contribution < 1.29 is 19.4 Å². The number of nitrogens with zero attached hydrogens (tertiary/aromatic N) is 2. The van der Waals surface area contributed by atoms with Crippen LogP contribution in [0.2, 0.25) is 15.1 Å². The Morgan fingerprint density at radius 3 is 2.65 bits per heavy atom. The van der Waals surface area contributed by atoms with E-state index in [0.717, 1.165) is 24.1 Å². The quantitative estimate of drug-likeness (QED) is 0.682. The first-order chi connectivity index (χ1) is 14.9. The summed E-state index contributed by atoms with van der Waals surface area (Å²) in [5.41, 5.74) is 2.58. The Bertz CT molecular complexity index is 1030. The van der Waals surface area contributed by atoms with Crippen molar-refractivity contribution in [2.24, 2.45) is 0 Å². The Kier molecular flexibility index (Phi) is 5.69. The van der Waals surface area contributed by atoms with Gasteiger partial charge in [-0.15, -0.1) is 0 Å². The van der Waals surface area contributed by atoms with Gasteiger partial charge in [0.25, 0.3) is 0 Å². The highest BCUT2D eigenvalue weighted by molar-refractivity contribution is 6.35. The number of cyclic esters (lactones) is 1. The predicted octanol–water partition coefficient (Wildman–Crippen LogP) is 4.71. The predicted molar refractivity (Wildman–Crippen MR) is 120 cm³/mol. The molecule has 3 aliphatic rings. The summed E-state index contributed by atoms with van der Waals surface area (Å²) in [4.78, 5) is 15.8. The van der Waals surface area contributed by atoms with Gasteiger partial charge in [0.2, 0.25) is 0 Å². The Hall–Kier alpha value is -1.70. The second-order valence-corrected chi connectivity index (χ2v) is 9.33. The molecular formula is C22H21Cl3N2O4. The fourth-order valence-electron chi connectivity index (χ4n) is 4.66. The number of hydrogen-bond acceptors (Lipinski definition) is 5. The van der Waals surface area contributed by atoms with E-state index in [9.17, 15) is 9.90 Å². The van der Waals surface area contributed by atoms with Crippen LogP contribution in [0.25, 0.3) is 0 Å². The lowest BCUT2D eigenvalue weighted by Crippen LogP contribution is -2.39. The first-order valence-corrected chi connectivity index (χ1v) is 11.3. The van der Waals surface area contributed by atoms with Crippen molar-refractivity contribution in [1.29, 1.82) is 0 Å². The van der Waals surface area contributed by atoms with Crippen molar-refractivity contribution in [2.45, 2.75) is 31.1 Å². The summed E-state index contributed by atoms with van der Waals surface area (Å²) in [6, 6.07) is 8.86. The van der Waals surface area contributed by atoms with Gasteiger partial charge in [-0.25, -0.2) is 4.79 Å². The monoisotopic (exact) mass is 482 g/mol. The lowest BCUT2D eigenvalue weighted by molar-refractivity contribution is 0.0819. The molecule has 1 aliphatic carbocycles. The molecule has 2 aromatic carbocycles. The highest BCUT2D eigenvalue weighted by Gasteiger charge is 2.42. The third-order valence-corrected chi connectivity index (χ3v) is 7.04. The van der Waals surface area contributed by atoms with Gasteiger partial charge in [0, 0.05) is 34.8 Å². The van der Waals surface area contributed by atoms with Gasteiger partial charge in [0.1, 0.15) is 18.5 Å². The van der Waals surface area contributed by atoms with Crippen molar-refractivity contribution in [2.75, 3.05) is 31.1 Å². The first-order valence-electron chi connectivity index (χ1n) is 10.2. The molecule has 0 saturated carbocycles. The topological polar surface area (TPSA) is 62.2 Å². The number of carbonyl (C=O) groups is 1. The van der Waals surface area contributed by atoms with Gasteiger partial charge in [-0.05, 0) is 42.7 Å². The van der Waals surface area contributed by atoms with Gasteiger partial charge in [-0.2, -0.15) is 0 Å². The number of benzene rings is 2. The molecule has 1 N–H and O–H groups in total. The fourth-order valence-corrected chi connectivity index (χ4v) is 5.41. The van der Waals surface area contributed by atoms with E-state index in [2.05, 4.69) is 4.90 Å². The molecule has 2 fully saturated rings. The Morgan fingerprint density at radius 1 is 1.10 bits per heavy atom. The standard InChI is InChI=1S/C22H21Cl3N2O4/c23-12-7-16-15(18(25)8-12)10-19(26-4-3-14(28)11-26)21(16)31-20-9-13(1-2-17(20)24)27-5-6-30-22(27)29/h1-2,7-9,14,19,21,28H,3-6,10-11H2/t14-,19+,21+/m1/s1. The number of carbonyl (C=O) groups excluding carboxylic acids is 1. The van der Waals surface area contributed by atoms with Crippen molar-refractivity contribution in [1.82, 2.24) is 4.90 Å². The van der Waals surface area contributed by atoms with Gasteiger partial charge in [0.05, 0.1) is 29.4 Å². The molecule has 0 unspecified atom stereocenters. The van der Waals surface area contributed by atoms with E-state index in [1.165, 1.54) is 0 Å². The van der Waals surface area contributed by atoms with E-state index in [-0.39, 0.29) is 24.3 Å². The maximum absolute atomic E-state index is 12.0. The van der Waals surface area contributed by atoms with Crippen LogP contribution in [0.1, 0.15) is 23.7 Å². The average molecular weight is 484 g/mol. The Labute approximate surface area is 195 Å². The van der Waals surface area contributed by atoms with Crippen LogP contribution in [0, 0.1) is 0 Å². The molecule has 0 bridgehead atoms. The van der Waals surface area contributed by atoms with E-state index in [4.69, 9.17) is 44.3 Å². The molecule has 31 heavy (non-hydrogen) atoms. The minimum atomic E-state index is -0.387. The molecule has 3 atom stereocenters. The maximum Gasteiger partial charge on any atom is 0.414 e. The van der Waals surface area contributed by atoms with Crippen molar-refractivity contribution >= 4 is 46.6 Å². The summed E-state index contributed by atoms with van der Waals surface area (Å²) in [5.74, 6) is 0.470. The van der Waals surface area contributed by atoms with E-state index >= 15 is 0 Å². The summed E-state index contributed by atoms with van der Waals surface area (Å²) in [6.07, 6.45) is 0.313. The van der Waals surface area contributed by atoms with Crippen molar-refractivity contribution in [3.63, 3.8) is 0 Å². The molecule has 0 aromatic heterocycles. The molecule has 2 aromatic rings. The third kappa shape index (κ3) is 3.96. The number of aliphatic hydroxyl groups is 1. The second kappa shape index (κ2) is 8.34. The largest absolute Gasteiger partial charge is 0.482 e. The molecule has 2 saturated heterocycles. The van der Waals surface area contributed by atoms with Crippen LogP contribution >= 0.6 is 34.8 Å². The number of likely N-dealkylation sites (tertiary alicyclic amines) is 1. The SMILES string of the molecule is O=C1OCCN1c1ccc(Cl)c(O[C@H]2c3cc(Cl)cc(Cl)c3C[C@@H]2N2CC[C@@H](O)C2)c1. The summed E-state index contributed by atoms with van der Waals surface area (Å²) in [5, 5.41) is 11.7. The zero-order valence-electron chi connectivity index (χ0n) is 16.6. The van der Waals surface area contributed by atoms with Gasteiger partial charge in [-0.3, -0.25) is 9.80 Å². The molecule has 0 spiro atoms. The Balaban J connectivity index is 1.51. The lowest BCUT2D eigenvalue weighted by atomic mass is 10.1. The number of amides is 1. The number of ether oxygens (including phenoxy) is 2. The van der Waals surface area contributed by atoms with E-state index in [0.29, 0.717) is 52.6 Å². The van der Waals surface area contributed by atoms with Gasteiger partial charge >= 0.3 is 6.09 Å². The Morgan fingerprint density at radius 2 is 1.94 bits per heavy atom. The fraction of sp³-hybridized carbons (Fsp3) is 0.409. The third-order valence-electron chi connectivity index (χ3n) is 6.17. The number of halogens is 3. The molecular weight excluding hydrogens is 463 g/mol. The molecule has 6 nitrogen and oxygen atoms in total. The molecule has 0 radical (unpaired) electrons. The molecule has 2 heterocycles. The van der Waals surface area contributed by atoms with Crippen LogP contribution in [0.4, 0.5) is 10.5 Å². The normalized spacial score (nSPS) is 25.7. The lowest BCUT2D eigenvalue weighted by Gasteiger charge is -2.30. The number of fused-ring (bicyclic) bond motifs is 1. The van der Waals surface area contributed by atoms with Crippen LogP contribution in [-0.2, 0) is 11.2 Å². The number of rotatable bonds is 4. The van der Waals surface area contributed by atoms with Crippen LogP contribution < -0.4 is 9.64 Å². The van der Waals surface area contributed by atoms with E-state index in [1.807, 2.05) is 6.07 Å². The van der Waals surface area contributed by atoms with Crippen molar-refractivity contribution in [3.05, 3.63) is 56.5 Å². The second-order valence-electron chi connectivity index (χ2n) is 8.08. The highest BCUT2D eigenvalue weighted by atomic mass is 35.5. The summed E-state index contributed by atoms with van der Waals surface area (Å²) in [7, 11) is 0. The maximum atomic E-state index is 12.0. The minimum Gasteiger partial charge on any atom is -0.482 e. The average Bonchev–Trinajstić information content (AvgIpc) is 3.43.